The molecule has 1 aliphatic carbocycles. The number of anilines is 1. The number of hydrogen-bond acceptors (Lipinski definition) is 3. The van der Waals surface area contributed by atoms with Crippen LogP contribution in [-0.4, -0.2) is 16.5 Å². The van der Waals surface area contributed by atoms with E-state index in [0.717, 1.165) is 17.8 Å². The summed E-state index contributed by atoms with van der Waals surface area (Å²) in [4.78, 5) is 4.55. The van der Waals surface area contributed by atoms with Crippen molar-refractivity contribution in [2.24, 2.45) is 11.1 Å². The average molecular weight is 249 g/mol. The lowest BCUT2D eigenvalue weighted by molar-refractivity contribution is 0.145. The molecule has 1 saturated carbocycles. The molecule has 3 N–H and O–H groups in total. The molecule has 0 amide bonds. The molecule has 0 aromatic carbocycles. The molecule has 0 atom stereocenters. The van der Waals surface area contributed by atoms with E-state index in [0.29, 0.717) is 10.4 Å². The van der Waals surface area contributed by atoms with Crippen molar-refractivity contribution < 1.29 is 0 Å². The van der Waals surface area contributed by atoms with Crippen LogP contribution in [0, 0.1) is 5.41 Å². The molecule has 0 saturated heterocycles. The van der Waals surface area contributed by atoms with E-state index in [1.165, 1.54) is 25.7 Å². The molecule has 0 bridgehead atoms. The molecule has 0 unspecified atom stereocenters. The summed E-state index contributed by atoms with van der Waals surface area (Å²) in [5, 5.41) is 3.46. The summed E-state index contributed by atoms with van der Waals surface area (Å²) in [5.74, 6) is 0. The standard InChI is InChI=1S/C13H19N3S/c1-2-13(5-3-6-13)9-16-11-8-15-7-4-10(11)12(14)17/h4,7-8,16H,2-3,5-6,9H2,1H3,(H2,14,17). The lowest BCUT2D eigenvalue weighted by Crippen LogP contribution is -2.36. The Hall–Kier alpha value is -1.16. The van der Waals surface area contributed by atoms with Crippen LogP contribution in [0.5, 0.6) is 0 Å². The summed E-state index contributed by atoms with van der Waals surface area (Å²) in [7, 11) is 0. The Bertz CT molecular complexity index is 407. The highest BCUT2D eigenvalue weighted by Crippen LogP contribution is 2.43. The van der Waals surface area contributed by atoms with Crippen molar-refractivity contribution in [3.05, 3.63) is 24.0 Å². The van der Waals surface area contributed by atoms with E-state index in [1.54, 1.807) is 12.4 Å². The van der Waals surface area contributed by atoms with Crippen LogP contribution >= 0.6 is 12.2 Å². The molecular formula is C13H19N3S. The van der Waals surface area contributed by atoms with Gasteiger partial charge in [0.05, 0.1) is 11.9 Å². The predicted octanol–water partition coefficient (Wildman–Crippen LogP) is 2.71. The fourth-order valence-electron chi connectivity index (χ4n) is 2.37. The van der Waals surface area contributed by atoms with Gasteiger partial charge in [-0.2, -0.15) is 0 Å². The fourth-order valence-corrected chi connectivity index (χ4v) is 2.54. The zero-order valence-electron chi connectivity index (χ0n) is 10.2. The largest absolute Gasteiger partial charge is 0.389 e. The third-order valence-corrected chi connectivity index (χ3v) is 4.12. The topological polar surface area (TPSA) is 50.9 Å². The Kier molecular flexibility index (Phi) is 3.62. The Morgan fingerprint density at radius 3 is 2.88 bits per heavy atom. The van der Waals surface area contributed by atoms with Crippen molar-refractivity contribution in [3.8, 4) is 0 Å². The van der Waals surface area contributed by atoms with E-state index in [9.17, 15) is 0 Å². The Morgan fingerprint density at radius 2 is 2.35 bits per heavy atom. The Balaban J connectivity index is 2.06. The molecule has 1 aromatic rings. The summed E-state index contributed by atoms with van der Waals surface area (Å²) >= 11 is 5.04. The van der Waals surface area contributed by atoms with Gasteiger partial charge in [0.15, 0.2) is 0 Å². The van der Waals surface area contributed by atoms with Gasteiger partial charge in [0.2, 0.25) is 0 Å². The zero-order chi connectivity index (χ0) is 12.3. The number of nitrogens with zero attached hydrogens (tertiary/aromatic N) is 1. The summed E-state index contributed by atoms with van der Waals surface area (Å²) in [6.07, 6.45) is 8.74. The van der Waals surface area contributed by atoms with Crippen LogP contribution in [-0.2, 0) is 0 Å². The van der Waals surface area contributed by atoms with Crippen molar-refractivity contribution in [2.45, 2.75) is 32.6 Å². The molecule has 3 nitrogen and oxygen atoms in total. The molecule has 0 radical (unpaired) electrons. The van der Waals surface area contributed by atoms with E-state index in [4.69, 9.17) is 18.0 Å². The third-order valence-electron chi connectivity index (χ3n) is 3.90. The minimum atomic E-state index is 0.425. The number of aromatic nitrogens is 1. The number of rotatable bonds is 5. The van der Waals surface area contributed by atoms with Gasteiger partial charge >= 0.3 is 0 Å². The van der Waals surface area contributed by atoms with Gasteiger partial charge in [0.1, 0.15) is 4.99 Å². The average Bonchev–Trinajstić information content (AvgIpc) is 2.28. The van der Waals surface area contributed by atoms with E-state index >= 15 is 0 Å². The van der Waals surface area contributed by atoms with E-state index < -0.39 is 0 Å². The van der Waals surface area contributed by atoms with E-state index in [1.807, 2.05) is 6.07 Å². The van der Waals surface area contributed by atoms with Crippen LogP contribution in [0.25, 0.3) is 0 Å². The Morgan fingerprint density at radius 1 is 1.59 bits per heavy atom. The van der Waals surface area contributed by atoms with Crippen molar-refractivity contribution in [3.63, 3.8) is 0 Å². The third kappa shape index (κ3) is 2.57. The minimum Gasteiger partial charge on any atom is -0.389 e. The van der Waals surface area contributed by atoms with E-state index in [2.05, 4.69) is 17.2 Å². The summed E-state index contributed by atoms with van der Waals surface area (Å²) in [5.41, 5.74) is 8.02. The molecule has 92 valence electrons. The van der Waals surface area contributed by atoms with Gasteiger partial charge in [-0.15, -0.1) is 0 Å². The molecule has 17 heavy (non-hydrogen) atoms. The lowest BCUT2D eigenvalue weighted by Gasteiger charge is -2.41. The molecule has 0 spiro atoms. The van der Waals surface area contributed by atoms with Crippen molar-refractivity contribution in [2.75, 3.05) is 11.9 Å². The van der Waals surface area contributed by atoms with Crippen LogP contribution in [0.3, 0.4) is 0 Å². The van der Waals surface area contributed by atoms with Crippen molar-refractivity contribution >= 4 is 22.9 Å². The van der Waals surface area contributed by atoms with Crippen LogP contribution in [0.1, 0.15) is 38.2 Å². The number of pyridine rings is 1. The van der Waals surface area contributed by atoms with Crippen molar-refractivity contribution in [1.29, 1.82) is 0 Å². The second-order valence-corrected chi connectivity index (χ2v) is 5.29. The maximum absolute atomic E-state index is 5.70. The number of nitrogens with one attached hydrogen (secondary N) is 1. The van der Waals surface area contributed by atoms with Gasteiger partial charge in [0.25, 0.3) is 0 Å². The lowest BCUT2D eigenvalue weighted by atomic mass is 9.67. The quantitative estimate of drug-likeness (QED) is 0.788. The second-order valence-electron chi connectivity index (χ2n) is 4.85. The maximum Gasteiger partial charge on any atom is 0.106 e. The van der Waals surface area contributed by atoms with Crippen LogP contribution in [0.15, 0.2) is 18.5 Å². The van der Waals surface area contributed by atoms with Gasteiger partial charge in [-0.3, -0.25) is 4.98 Å². The van der Waals surface area contributed by atoms with Crippen LogP contribution < -0.4 is 11.1 Å². The molecule has 1 heterocycles. The minimum absolute atomic E-state index is 0.425. The van der Waals surface area contributed by atoms with Crippen LogP contribution in [0.2, 0.25) is 0 Å². The molecule has 2 rings (SSSR count). The highest BCUT2D eigenvalue weighted by Gasteiger charge is 2.34. The first-order chi connectivity index (χ1) is 8.17. The Labute approximate surface area is 108 Å². The van der Waals surface area contributed by atoms with Gasteiger partial charge < -0.3 is 11.1 Å². The SMILES string of the molecule is CCC1(CNc2cnccc2C(N)=S)CCC1. The summed E-state index contributed by atoms with van der Waals surface area (Å²) in [6.45, 7) is 3.25. The predicted molar refractivity (Wildman–Crippen MR) is 75.2 cm³/mol. The number of hydrogen-bond donors (Lipinski definition) is 2. The highest BCUT2D eigenvalue weighted by molar-refractivity contribution is 7.80. The first-order valence-electron chi connectivity index (χ1n) is 6.14. The summed E-state index contributed by atoms with van der Waals surface area (Å²) in [6, 6.07) is 1.87. The molecule has 4 heteroatoms. The number of thiocarbonyl (C=S) groups is 1. The highest BCUT2D eigenvalue weighted by atomic mass is 32.1. The molecule has 1 aliphatic rings. The maximum atomic E-state index is 5.70. The first kappa shape index (κ1) is 12.3. The van der Waals surface area contributed by atoms with E-state index in [-0.39, 0.29) is 0 Å². The smallest absolute Gasteiger partial charge is 0.106 e. The van der Waals surface area contributed by atoms with Gasteiger partial charge in [-0.25, -0.2) is 0 Å². The number of nitrogens with two attached hydrogens (primary N) is 1. The molecule has 1 aromatic heterocycles. The van der Waals surface area contributed by atoms with Crippen molar-refractivity contribution in [1.82, 2.24) is 4.98 Å². The second kappa shape index (κ2) is 5.00. The molecular weight excluding hydrogens is 230 g/mol. The molecule has 1 fully saturated rings. The zero-order valence-corrected chi connectivity index (χ0v) is 11.0. The molecule has 0 aliphatic heterocycles. The normalized spacial score (nSPS) is 17.2. The first-order valence-corrected chi connectivity index (χ1v) is 6.55. The van der Waals surface area contributed by atoms with Gasteiger partial charge in [-0.05, 0) is 30.7 Å². The van der Waals surface area contributed by atoms with Crippen LogP contribution in [0.4, 0.5) is 5.69 Å². The fraction of sp³-hybridized carbons (Fsp3) is 0.538. The van der Waals surface area contributed by atoms with Gasteiger partial charge in [-0.1, -0.05) is 25.6 Å². The summed E-state index contributed by atoms with van der Waals surface area (Å²) < 4.78 is 0. The monoisotopic (exact) mass is 249 g/mol. The van der Waals surface area contributed by atoms with Gasteiger partial charge in [0, 0.05) is 18.3 Å².